The van der Waals surface area contributed by atoms with Gasteiger partial charge in [-0.05, 0) is 79.5 Å². The summed E-state index contributed by atoms with van der Waals surface area (Å²) in [6, 6.07) is 69.7. The van der Waals surface area contributed by atoms with Gasteiger partial charge in [-0.1, -0.05) is 170 Å². The lowest BCUT2D eigenvalue weighted by Crippen LogP contribution is -2.35. The van der Waals surface area contributed by atoms with Crippen LogP contribution in [0.15, 0.2) is 210 Å². The Morgan fingerprint density at radius 1 is 0.492 bits per heavy atom. The van der Waals surface area contributed by atoms with Gasteiger partial charge in [0, 0.05) is 35.3 Å². The molecule has 5 heteroatoms. The van der Waals surface area contributed by atoms with Crippen LogP contribution < -0.4 is 0 Å². The van der Waals surface area contributed by atoms with Crippen LogP contribution in [0.1, 0.15) is 28.4 Å². The fraction of sp³-hybridized carbons (Fsp3) is 0.0370. The van der Waals surface area contributed by atoms with Crippen molar-refractivity contribution in [3.05, 3.63) is 223 Å². The van der Waals surface area contributed by atoms with E-state index in [1.165, 1.54) is 0 Å². The van der Waals surface area contributed by atoms with E-state index in [1.54, 1.807) is 0 Å². The highest BCUT2D eigenvalue weighted by atomic mass is 15.3. The average molecular weight is 756 g/mol. The Labute approximate surface area is 343 Å². The zero-order valence-corrected chi connectivity index (χ0v) is 32.4. The fourth-order valence-electron chi connectivity index (χ4n) is 8.24. The summed E-state index contributed by atoms with van der Waals surface area (Å²) in [5.74, 6) is 1.60. The molecular weight excluding hydrogens is 719 g/mol. The van der Waals surface area contributed by atoms with Gasteiger partial charge < -0.3 is 4.90 Å². The maximum atomic E-state index is 10.2. The molecule has 9 aromatic rings. The maximum Gasteiger partial charge on any atom is 0.159 e. The first-order valence-electron chi connectivity index (χ1n) is 19.7. The number of para-hydroxylation sites is 1. The smallest absolute Gasteiger partial charge is 0.159 e. The number of pyridine rings is 1. The number of amidine groups is 2. The second-order valence-corrected chi connectivity index (χ2v) is 14.8. The van der Waals surface area contributed by atoms with Crippen LogP contribution in [0.4, 0.5) is 0 Å². The third-order valence-electron chi connectivity index (χ3n) is 11.2. The molecule has 59 heavy (non-hydrogen) atoms. The molecule has 0 radical (unpaired) electrons. The number of nitriles is 1. The first-order valence-corrected chi connectivity index (χ1v) is 19.7. The minimum atomic E-state index is -0.251. The van der Waals surface area contributed by atoms with Crippen molar-refractivity contribution < 1.29 is 0 Å². The Morgan fingerprint density at radius 2 is 1.08 bits per heavy atom. The summed E-state index contributed by atoms with van der Waals surface area (Å²) >= 11 is 0. The molecule has 10 rings (SSSR count). The summed E-state index contributed by atoms with van der Waals surface area (Å²) < 4.78 is 0. The van der Waals surface area contributed by atoms with E-state index in [1.807, 2.05) is 60.8 Å². The molecule has 1 unspecified atom stereocenters. The number of hydrogen-bond donors (Lipinski definition) is 0. The van der Waals surface area contributed by atoms with Crippen LogP contribution in [-0.2, 0) is 0 Å². The summed E-state index contributed by atoms with van der Waals surface area (Å²) in [7, 11) is 2.06. The molecule has 0 fully saturated rings. The zero-order chi connectivity index (χ0) is 39.7. The first-order chi connectivity index (χ1) is 29.1. The van der Waals surface area contributed by atoms with Crippen molar-refractivity contribution in [1.82, 2.24) is 9.88 Å². The summed E-state index contributed by atoms with van der Waals surface area (Å²) in [4.78, 5) is 17.0. The third kappa shape index (κ3) is 6.73. The molecule has 1 aliphatic rings. The van der Waals surface area contributed by atoms with E-state index in [2.05, 4.69) is 163 Å². The van der Waals surface area contributed by atoms with E-state index in [0.717, 1.165) is 94.5 Å². The van der Waals surface area contributed by atoms with Gasteiger partial charge in [0.1, 0.15) is 12.0 Å². The first kappa shape index (κ1) is 35.5. The lowest BCUT2D eigenvalue weighted by atomic mass is 9.89. The molecule has 0 bridgehead atoms. The van der Waals surface area contributed by atoms with Gasteiger partial charge in [0.25, 0.3) is 0 Å². The molecule has 0 amide bonds. The Kier molecular flexibility index (Phi) is 9.13. The Bertz CT molecular complexity index is 3100. The average Bonchev–Trinajstić information content (AvgIpc) is 3.31. The minimum Gasteiger partial charge on any atom is -0.333 e. The lowest BCUT2D eigenvalue weighted by molar-refractivity contribution is 0.383. The monoisotopic (exact) mass is 755 g/mol. The highest BCUT2D eigenvalue weighted by Gasteiger charge is 2.27. The highest BCUT2D eigenvalue weighted by Crippen LogP contribution is 2.39. The molecule has 1 aliphatic heterocycles. The molecule has 2 heterocycles. The molecule has 0 saturated heterocycles. The number of fused-ring (bicyclic) bond motifs is 2. The summed E-state index contributed by atoms with van der Waals surface area (Å²) in [6.45, 7) is 0. The number of benzene rings is 8. The predicted molar refractivity (Wildman–Crippen MR) is 242 cm³/mol. The maximum absolute atomic E-state index is 10.2. The number of nitrogens with zero attached hydrogens (tertiary/aromatic N) is 5. The number of rotatable bonds is 7. The van der Waals surface area contributed by atoms with Crippen LogP contribution in [0.2, 0.25) is 0 Å². The summed E-state index contributed by atoms with van der Waals surface area (Å²) in [5.41, 5.74) is 13.3. The predicted octanol–water partition coefficient (Wildman–Crippen LogP) is 12.8. The lowest BCUT2D eigenvalue weighted by Gasteiger charge is -2.32. The van der Waals surface area contributed by atoms with Crippen molar-refractivity contribution in [3.63, 3.8) is 0 Å². The second kappa shape index (κ2) is 15.2. The Balaban J connectivity index is 0.986. The molecule has 0 spiro atoms. The van der Waals surface area contributed by atoms with E-state index in [0.29, 0.717) is 5.56 Å². The van der Waals surface area contributed by atoms with E-state index >= 15 is 0 Å². The van der Waals surface area contributed by atoms with Gasteiger partial charge >= 0.3 is 0 Å². The summed E-state index contributed by atoms with van der Waals surface area (Å²) in [5, 5.41) is 13.6. The highest BCUT2D eigenvalue weighted by molar-refractivity contribution is 6.13. The molecule has 278 valence electrons. The topological polar surface area (TPSA) is 64.6 Å². The Hall–Kier alpha value is -7.94. The van der Waals surface area contributed by atoms with Crippen molar-refractivity contribution in [1.29, 1.82) is 5.26 Å². The fourth-order valence-corrected chi connectivity index (χ4v) is 8.24. The minimum absolute atomic E-state index is 0.251. The van der Waals surface area contributed by atoms with E-state index in [-0.39, 0.29) is 6.17 Å². The number of aliphatic imine (C=N–C) groups is 2. The van der Waals surface area contributed by atoms with Crippen molar-refractivity contribution >= 4 is 33.3 Å². The quantitative estimate of drug-likeness (QED) is 0.163. The van der Waals surface area contributed by atoms with Gasteiger partial charge in [0.2, 0.25) is 0 Å². The van der Waals surface area contributed by atoms with E-state index in [4.69, 9.17) is 9.98 Å². The second-order valence-electron chi connectivity index (χ2n) is 14.8. The Morgan fingerprint density at radius 3 is 1.80 bits per heavy atom. The molecule has 8 aromatic carbocycles. The number of aromatic nitrogens is 1. The van der Waals surface area contributed by atoms with Crippen LogP contribution in [0, 0.1) is 11.3 Å². The van der Waals surface area contributed by atoms with Crippen LogP contribution >= 0.6 is 0 Å². The molecular formula is C54H37N5. The third-order valence-corrected chi connectivity index (χ3v) is 11.2. The van der Waals surface area contributed by atoms with E-state index in [9.17, 15) is 5.26 Å². The van der Waals surface area contributed by atoms with Crippen LogP contribution in [0.3, 0.4) is 0 Å². The van der Waals surface area contributed by atoms with Crippen LogP contribution in [0.5, 0.6) is 0 Å². The van der Waals surface area contributed by atoms with Gasteiger partial charge in [-0.15, -0.1) is 0 Å². The molecule has 0 aliphatic carbocycles. The van der Waals surface area contributed by atoms with Crippen molar-refractivity contribution in [2.24, 2.45) is 9.98 Å². The van der Waals surface area contributed by atoms with Crippen molar-refractivity contribution in [2.75, 3.05) is 7.05 Å². The zero-order valence-electron chi connectivity index (χ0n) is 32.4. The number of hydrogen-bond acceptors (Lipinski definition) is 5. The molecule has 1 aromatic heterocycles. The molecule has 1 atom stereocenters. The van der Waals surface area contributed by atoms with Gasteiger partial charge in [-0.3, -0.25) is 4.98 Å². The van der Waals surface area contributed by atoms with Gasteiger partial charge in [-0.2, -0.15) is 5.26 Å². The summed E-state index contributed by atoms with van der Waals surface area (Å²) in [6.07, 6.45) is 1.59. The van der Waals surface area contributed by atoms with Crippen molar-refractivity contribution in [2.45, 2.75) is 6.17 Å². The molecule has 0 saturated carbocycles. The van der Waals surface area contributed by atoms with Gasteiger partial charge in [0.15, 0.2) is 5.84 Å². The molecule has 0 N–H and O–H groups in total. The van der Waals surface area contributed by atoms with Gasteiger partial charge in [0.05, 0.1) is 17.1 Å². The largest absolute Gasteiger partial charge is 0.333 e. The van der Waals surface area contributed by atoms with E-state index < -0.39 is 0 Å². The van der Waals surface area contributed by atoms with Crippen LogP contribution in [-0.4, -0.2) is 28.6 Å². The SMILES string of the molecule is CN1C(c2ccccc2)=NC(c2ccccc2)=NC1c1ccc(-c2ccc(-c3cc(C#N)cc(-c4ccc(-c5cccc6cccnc56)cc4)c3)c3ccccc23)cc1. The normalized spacial score (nSPS) is 13.8. The molecule has 5 nitrogen and oxygen atoms in total. The van der Waals surface area contributed by atoms with Crippen molar-refractivity contribution in [3.8, 4) is 50.6 Å². The van der Waals surface area contributed by atoms with Crippen LogP contribution in [0.25, 0.3) is 66.2 Å². The van der Waals surface area contributed by atoms with Gasteiger partial charge in [-0.25, -0.2) is 9.98 Å². The standard InChI is InChI=1S/C54H37N5/c1-59-53(42-14-6-3-7-15-42)57-52(41-12-4-2-5-13-41)58-54(59)43-27-25-38(26-28-43)46-29-30-47(50-19-9-8-18-49(46)50)45-33-36(35-55)32-44(34-45)37-21-23-39(24-22-37)48-20-10-16-40-17-11-31-56-51(40)48/h2-34,54H,1H3.